The molecule has 3 aliphatic rings. The van der Waals surface area contributed by atoms with E-state index in [0.717, 1.165) is 49.1 Å². The maximum atomic E-state index is 12.3. The standard InChI is InChI=1S/C18H26N4O/c1-4-18-8-12(18)9-22(10-18)16-13-5-6-19-17(23)15(13)20-14(21-16)7-11(2)3/h11-12H,4-10H2,1-3H3,(H,19,23)/t12-,18+/m0/s1. The fourth-order valence-electron chi connectivity index (χ4n) is 4.34. The zero-order chi connectivity index (χ0) is 16.2. The van der Waals surface area contributed by atoms with Crippen LogP contribution in [0.5, 0.6) is 0 Å². The maximum absolute atomic E-state index is 12.3. The summed E-state index contributed by atoms with van der Waals surface area (Å²) in [4.78, 5) is 24.2. The lowest BCUT2D eigenvalue weighted by Crippen LogP contribution is -2.36. The number of aromatic nitrogens is 2. The van der Waals surface area contributed by atoms with Crippen LogP contribution in [-0.4, -0.2) is 35.5 Å². The minimum Gasteiger partial charge on any atom is -0.355 e. The van der Waals surface area contributed by atoms with Gasteiger partial charge in [0.15, 0.2) is 0 Å². The third-order valence-electron chi connectivity index (χ3n) is 5.81. The third-order valence-corrected chi connectivity index (χ3v) is 5.81. The molecule has 1 aliphatic carbocycles. The predicted octanol–water partition coefficient (Wildman–Crippen LogP) is 2.20. The molecule has 0 radical (unpaired) electrons. The van der Waals surface area contributed by atoms with Crippen molar-refractivity contribution in [2.75, 3.05) is 24.5 Å². The summed E-state index contributed by atoms with van der Waals surface area (Å²) in [6.45, 7) is 9.53. The number of anilines is 1. The molecule has 2 aliphatic heterocycles. The topological polar surface area (TPSA) is 58.1 Å². The number of nitrogens with zero attached hydrogens (tertiary/aromatic N) is 3. The molecule has 1 saturated heterocycles. The van der Waals surface area contributed by atoms with Gasteiger partial charge in [0.2, 0.25) is 0 Å². The largest absolute Gasteiger partial charge is 0.355 e. The second-order valence-electron chi connectivity index (χ2n) is 7.89. The van der Waals surface area contributed by atoms with E-state index in [4.69, 9.17) is 4.98 Å². The number of amides is 1. The molecule has 3 heterocycles. The van der Waals surface area contributed by atoms with Crippen LogP contribution in [-0.2, 0) is 12.8 Å². The minimum absolute atomic E-state index is 0.0329. The molecule has 1 aromatic rings. The normalized spacial score (nSPS) is 28.6. The zero-order valence-corrected chi connectivity index (χ0v) is 14.4. The van der Waals surface area contributed by atoms with Gasteiger partial charge in [0, 0.05) is 31.6 Å². The monoisotopic (exact) mass is 314 g/mol. The Morgan fingerprint density at radius 3 is 2.91 bits per heavy atom. The van der Waals surface area contributed by atoms with Crippen molar-refractivity contribution >= 4 is 11.7 Å². The molecule has 4 rings (SSSR count). The third kappa shape index (κ3) is 2.41. The summed E-state index contributed by atoms with van der Waals surface area (Å²) in [7, 11) is 0. The second kappa shape index (κ2) is 5.18. The van der Waals surface area contributed by atoms with Crippen molar-refractivity contribution in [3.63, 3.8) is 0 Å². The Morgan fingerprint density at radius 1 is 1.39 bits per heavy atom. The van der Waals surface area contributed by atoms with Crippen LogP contribution in [0.4, 0.5) is 5.82 Å². The first-order valence-electron chi connectivity index (χ1n) is 8.95. The van der Waals surface area contributed by atoms with Crippen molar-refractivity contribution in [3.8, 4) is 0 Å². The molecule has 1 amide bonds. The molecule has 5 nitrogen and oxygen atoms in total. The highest BCUT2D eigenvalue weighted by Gasteiger charge is 2.58. The van der Waals surface area contributed by atoms with Crippen LogP contribution in [0.1, 0.15) is 55.5 Å². The molecule has 23 heavy (non-hydrogen) atoms. The quantitative estimate of drug-likeness (QED) is 0.925. The van der Waals surface area contributed by atoms with Gasteiger partial charge in [-0.15, -0.1) is 0 Å². The van der Waals surface area contributed by atoms with Gasteiger partial charge in [0.1, 0.15) is 17.3 Å². The second-order valence-corrected chi connectivity index (χ2v) is 7.89. The van der Waals surface area contributed by atoms with Crippen LogP contribution in [0.3, 0.4) is 0 Å². The Labute approximate surface area is 137 Å². The van der Waals surface area contributed by atoms with E-state index < -0.39 is 0 Å². The van der Waals surface area contributed by atoms with Crippen LogP contribution in [0.2, 0.25) is 0 Å². The SMILES string of the molecule is CC[C@]12C[C@H]1CN(c1nc(CC(C)C)nc3c1CCNC3=O)C2. The first-order chi connectivity index (χ1) is 11.0. The molecule has 1 N–H and O–H groups in total. The van der Waals surface area contributed by atoms with Crippen molar-refractivity contribution in [2.45, 2.75) is 46.5 Å². The fourth-order valence-corrected chi connectivity index (χ4v) is 4.34. The van der Waals surface area contributed by atoms with E-state index in [1.54, 1.807) is 0 Å². The van der Waals surface area contributed by atoms with Crippen LogP contribution >= 0.6 is 0 Å². The molecule has 2 atom stereocenters. The van der Waals surface area contributed by atoms with E-state index in [2.05, 4.69) is 36.0 Å². The molecular formula is C18H26N4O. The summed E-state index contributed by atoms with van der Waals surface area (Å²) in [6.07, 6.45) is 4.29. The fraction of sp³-hybridized carbons (Fsp3) is 0.722. The van der Waals surface area contributed by atoms with E-state index in [1.165, 1.54) is 12.8 Å². The summed E-state index contributed by atoms with van der Waals surface area (Å²) >= 11 is 0. The summed E-state index contributed by atoms with van der Waals surface area (Å²) in [5, 5.41) is 2.93. The number of hydrogen-bond donors (Lipinski definition) is 1. The first-order valence-corrected chi connectivity index (χ1v) is 8.95. The number of rotatable bonds is 4. The molecule has 0 spiro atoms. The lowest BCUT2D eigenvalue weighted by atomic mass is 10.0. The van der Waals surface area contributed by atoms with Gasteiger partial charge in [-0.1, -0.05) is 20.8 Å². The van der Waals surface area contributed by atoms with E-state index in [1.807, 2.05) is 0 Å². The summed E-state index contributed by atoms with van der Waals surface area (Å²) in [5.41, 5.74) is 2.20. The number of nitrogens with one attached hydrogen (secondary N) is 1. The Balaban J connectivity index is 1.73. The number of fused-ring (bicyclic) bond motifs is 2. The summed E-state index contributed by atoms with van der Waals surface area (Å²) < 4.78 is 0. The number of carbonyl (C=O) groups excluding carboxylic acids is 1. The number of carbonyl (C=O) groups is 1. The minimum atomic E-state index is -0.0329. The van der Waals surface area contributed by atoms with Crippen LogP contribution in [0, 0.1) is 17.3 Å². The Morgan fingerprint density at radius 2 is 2.22 bits per heavy atom. The average Bonchev–Trinajstić information content (AvgIpc) is 3.08. The van der Waals surface area contributed by atoms with E-state index in [0.29, 0.717) is 23.6 Å². The average molecular weight is 314 g/mol. The zero-order valence-electron chi connectivity index (χ0n) is 14.4. The molecule has 1 saturated carbocycles. The smallest absolute Gasteiger partial charge is 0.270 e. The molecule has 1 aromatic heterocycles. The van der Waals surface area contributed by atoms with Crippen LogP contribution in [0.15, 0.2) is 0 Å². The Hall–Kier alpha value is -1.65. The van der Waals surface area contributed by atoms with E-state index in [9.17, 15) is 4.79 Å². The maximum Gasteiger partial charge on any atom is 0.270 e. The first kappa shape index (κ1) is 14.9. The molecular weight excluding hydrogens is 288 g/mol. The van der Waals surface area contributed by atoms with Gasteiger partial charge in [-0.25, -0.2) is 9.97 Å². The van der Waals surface area contributed by atoms with Crippen molar-refractivity contribution in [1.82, 2.24) is 15.3 Å². The van der Waals surface area contributed by atoms with Gasteiger partial charge in [0.05, 0.1) is 0 Å². The van der Waals surface area contributed by atoms with Crippen molar-refractivity contribution in [1.29, 1.82) is 0 Å². The highest BCUT2D eigenvalue weighted by molar-refractivity contribution is 5.96. The van der Waals surface area contributed by atoms with Gasteiger partial charge in [-0.3, -0.25) is 4.79 Å². The Bertz CT molecular complexity index is 653. The van der Waals surface area contributed by atoms with Gasteiger partial charge in [-0.05, 0) is 36.5 Å². The van der Waals surface area contributed by atoms with Gasteiger partial charge in [-0.2, -0.15) is 0 Å². The van der Waals surface area contributed by atoms with Crippen molar-refractivity contribution in [3.05, 3.63) is 17.1 Å². The predicted molar refractivity (Wildman–Crippen MR) is 89.7 cm³/mol. The number of piperidine rings is 1. The summed E-state index contributed by atoms with van der Waals surface area (Å²) in [5.74, 6) is 3.14. The van der Waals surface area contributed by atoms with E-state index >= 15 is 0 Å². The highest BCUT2D eigenvalue weighted by atomic mass is 16.1. The lowest BCUT2D eigenvalue weighted by Gasteiger charge is -2.27. The van der Waals surface area contributed by atoms with Crippen molar-refractivity contribution in [2.24, 2.45) is 17.3 Å². The van der Waals surface area contributed by atoms with E-state index in [-0.39, 0.29) is 5.91 Å². The molecule has 5 heteroatoms. The van der Waals surface area contributed by atoms with Gasteiger partial charge < -0.3 is 10.2 Å². The Kier molecular flexibility index (Phi) is 3.36. The molecule has 124 valence electrons. The number of hydrogen-bond acceptors (Lipinski definition) is 4. The highest BCUT2D eigenvalue weighted by Crippen LogP contribution is 2.60. The molecule has 2 fully saturated rings. The van der Waals surface area contributed by atoms with Gasteiger partial charge in [0.25, 0.3) is 5.91 Å². The van der Waals surface area contributed by atoms with Crippen LogP contribution in [0.25, 0.3) is 0 Å². The van der Waals surface area contributed by atoms with Crippen molar-refractivity contribution < 1.29 is 4.79 Å². The lowest BCUT2D eigenvalue weighted by molar-refractivity contribution is 0.0940. The van der Waals surface area contributed by atoms with Gasteiger partial charge >= 0.3 is 0 Å². The van der Waals surface area contributed by atoms with Crippen LogP contribution < -0.4 is 10.2 Å². The molecule has 0 bridgehead atoms. The molecule has 0 aromatic carbocycles. The molecule has 0 unspecified atom stereocenters. The summed E-state index contributed by atoms with van der Waals surface area (Å²) in [6, 6.07) is 0.